The van der Waals surface area contributed by atoms with E-state index in [9.17, 15) is 13.6 Å². The van der Waals surface area contributed by atoms with Crippen LogP contribution in [0.3, 0.4) is 0 Å². The van der Waals surface area contributed by atoms with Gasteiger partial charge in [-0.25, -0.2) is 18.4 Å². The number of anilines is 1. The molecule has 6 rings (SSSR count). The number of benzene rings is 2. The van der Waals surface area contributed by atoms with Crippen LogP contribution < -0.4 is 5.73 Å². The first-order valence-corrected chi connectivity index (χ1v) is 13.6. The molecule has 0 saturated carbocycles. The van der Waals surface area contributed by atoms with Gasteiger partial charge in [0.15, 0.2) is 11.5 Å². The van der Waals surface area contributed by atoms with Crippen LogP contribution in [0, 0.1) is 18.6 Å². The van der Waals surface area contributed by atoms with Gasteiger partial charge >= 0.3 is 0 Å². The summed E-state index contributed by atoms with van der Waals surface area (Å²) in [5.74, 6) is -1.79. The van der Waals surface area contributed by atoms with Crippen molar-refractivity contribution in [2.45, 2.75) is 25.8 Å². The van der Waals surface area contributed by atoms with Crippen molar-refractivity contribution in [1.82, 2.24) is 34.7 Å². The molecule has 0 aliphatic carbocycles. The molecule has 1 amide bonds. The molecule has 0 radical (unpaired) electrons. The normalized spacial score (nSPS) is 15.6. The van der Waals surface area contributed by atoms with Gasteiger partial charge in [-0.05, 0) is 47.8 Å². The molecule has 0 spiro atoms. The molecular formula is C28H25BrF2N8O. The van der Waals surface area contributed by atoms with Gasteiger partial charge in [0.1, 0.15) is 11.5 Å². The lowest BCUT2D eigenvalue weighted by Gasteiger charge is -2.32. The Morgan fingerprint density at radius 3 is 2.70 bits per heavy atom. The topological polar surface area (TPSA) is 108 Å². The van der Waals surface area contributed by atoms with E-state index in [0.717, 1.165) is 35.6 Å². The number of carbonyl (C=O) groups excluding carboxylic acids is 1. The first-order chi connectivity index (χ1) is 19.2. The fourth-order valence-corrected chi connectivity index (χ4v) is 5.62. The van der Waals surface area contributed by atoms with Gasteiger partial charge < -0.3 is 10.6 Å². The fourth-order valence-electron chi connectivity index (χ4n) is 5.30. The summed E-state index contributed by atoms with van der Waals surface area (Å²) < 4.78 is 31.6. The Bertz CT molecular complexity index is 1770. The maximum atomic E-state index is 14.4. The number of nitrogens with two attached hydrogens (primary N) is 1. The molecule has 5 aromatic rings. The third-order valence-electron chi connectivity index (χ3n) is 7.31. The van der Waals surface area contributed by atoms with Crippen LogP contribution >= 0.6 is 15.9 Å². The van der Waals surface area contributed by atoms with E-state index in [2.05, 4.69) is 31.3 Å². The lowest BCUT2D eigenvalue weighted by molar-refractivity contribution is 0.0673. The number of hydrogen-bond acceptors (Lipinski definition) is 6. The number of pyridine rings is 1. The third-order valence-corrected chi connectivity index (χ3v) is 8.04. The molecular weight excluding hydrogens is 582 g/mol. The summed E-state index contributed by atoms with van der Waals surface area (Å²) in [6.07, 6.45) is 3.12. The van der Waals surface area contributed by atoms with E-state index >= 15 is 0 Å². The second-order valence-electron chi connectivity index (χ2n) is 9.91. The third kappa shape index (κ3) is 4.41. The van der Waals surface area contributed by atoms with Crippen LogP contribution in [-0.4, -0.2) is 53.7 Å². The maximum absolute atomic E-state index is 14.4. The zero-order chi connectivity index (χ0) is 28.1. The number of rotatable bonds is 4. The van der Waals surface area contributed by atoms with E-state index in [0.29, 0.717) is 30.0 Å². The zero-order valence-electron chi connectivity index (χ0n) is 21.8. The van der Waals surface area contributed by atoms with Crippen LogP contribution in [-0.2, 0) is 7.05 Å². The fraction of sp³-hybridized carbons (Fsp3) is 0.250. The number of likely N-dealkylation sites (tertiary alicyclic amines) is 1. The lowest BCUT2D eigenvalue weighted by Crippen LogP contribution is -2.41. The summed E-state index contributed by atoms with van der Waals surface area (Å²) in [6.45, 7) is 2.85. The van der Waals surface area contributed by atoms with Crippen molar-refractivity contribution in [2.75, 3.05) is 18.8 Å². The summed E-state index contributed by atoms with van der Waals surface area (Å²) in [4.78, 5) is 20.6. The molecule has 1 saturated heterocycles. The molecule has 12 heteroatoms. The average Bonchev–Trinajstić information content (AvgIpc) is 3.58. The highest BCUT2D eigenvalue weighted by Gasteiger charge is 2.29. The largest absolute Gasteiger partial charge is 0.396 e. The molecule has 1 aliphatic rings. The first kappa shape index (κ1) is 26.1. The molecule has 1 aliphatic heterocycles. The van der Waals surface area contributed by atoms with Gasteiger partial charge in [0.25, 0.3) is 5.91 Å². The Morgan fingerprint density at radius 1 is 1.15 bits per heavy atom. The van der Waals surface area contributed by atoms with Crippen molar-refractivity contribution < 1.29 is 13.6 Å². The minimum atomic E-state index is -0.886. The molecule has 4 heterocycles. The van der Waals surface area contributed by atoms with Crippen molar-refractivity contribution >= 4 is 38.6 Å². The summed E-state index contributed by atoms with van der Waals surface area (Å²) in [5.41, 5.74) is 9.57. The van der Waals surface area contributed by atoms with Crippen molar-refractivity contribution in [3.63, 3.8) is 0 Å². The van der Waals surface area contributed by atoms with E-state index < -0.39 is 11.6 Å². The SMILES string of the molecule is Cc1nn(C)c2nc(-c3ccccc3)cc(C(=O)N3CCCC(n4cc(-c5cc(F)c(Br)c(F)c5N)nn4)C3)c12. The number of fused-ring (bicyclic) bond motifs is 1. The molecule has 1 fully saturated rings. The number of halogens is 3. The molecule has 1 unspecified atom stereocenters. The number of nitrogen functional groups attached to an aromatic ring is 1. The number of aryl methyl sites for hydroxylation is 2. The van der Waals surface area contributed by atoms with Crippen LogP contribution in [0.15, 0.2) is 53.1 Å². The minimum absolute atomic E-state index is 0.118. The number of aromatic nitrogens is 6. The van der Waals surface area contributed by atoms with Crippen LogP contribution in [0.4, 0.5) is 14.5 Å². The second kappa shape index (κ2) is 10.1. The predicted octanol–water partition coefficient (Wildman–Crippen LogP) is 5.30. The number of piperidine rings is 1. The van der Waals surface area contributed by atoms with Gasteiger partial charge in [-0.2, -0.15) is 5.10 Å². The quantitative estimate of drug-likeness (QED) is 0.220. The Kier molecular flexibility index (Phi) is 6.57. The molecule has 3 aromatic heterocycles. The second-order valence-corrected chi connectivity index (χ2v) is 10.7. The van der Waals surface area contributed by atoms with Gasteiger partial charge in [0, 0.05) is 31.3 Å². The Morgan fingerprint density at radius 2 is 1.93 bits per heavy atom. The van der Waals surface area contributed by atoms with Crippen LogP contribution in [0.25, 0.3) is 33.5 Å². The maximum Gasteiger partial charge on any atom is 0.254 e. The van der Waals surface area contributed by atoms with Gasteiger partial charge in [-0.15, -0.1) is 5.10 Å². The van der Waals surface area contributed by atoms with Crippen molar-refractivity contribution in [3.8, 4) is 22.5 Å². The standard InChI is InChI=1S/C28H25BrF2N8O/c1-15-23-19(12-21(16-7-4-3-5-8-16)33-27(23)37(2)35-15)28(40)38-10-6-9-17(13-38)39-14-22(34-36-39)18-11-20(30)24(29)25(31)26(18)32/h3-5,7-8,11-12,14,17H,6,9-10,13,32H2,1-2H3. The Labute approximate surface area is 236 Å². The van der Waals surface area contributed by atoms with Crippen LogP contribution in [0.5, 0.6) is 0 Å². The van der Waals surface area contributed by atoms with Gasteiger partial charge in [0.2, 0.25) is 0 Å². The average molecular weight is 607 g/mol. The van der Waals surface area contributed by atoms with Crippen molar-refractivity contribution in [1.29, 1.82) is 0 Å². The summed E-state index contributed by atoms with van der Waals surface area (Å²) >= 11 is 2.86. The molecule has 1 atom stereocenters. The highest BCUT2D eigenvalue weighted by molar-refractivity contribution is 9.10. The molecule has 2 N–H and O–H groups in total. The number of nitrogens with zero attached hydrogens (tertiary/aromatic N) is 7. The molecule has 0 bridgehead atoms. The van der Waals surface area contributed by atoms with E-state index in [4.69, 9.17) is 10.7 Å². The molecule has 2 aromatic carbocycles. The molecule has 40 heavy (non-hydrogen) atoms. The number of amides is 1. The lowest BCUT2D eigenvalue weighted by atomic mass is 10.0. The number of hydrogen-bond donors (Lipinski definition) is 1. The predicted molar refractivity (Wildman–Crippen MR) is 150 cm³/mol. The summed E-state index contributed by atoms with van der Waals surface area (Å²) in [7, 11) is 1.82. The van der Waals surface area contributed by atoms with Crippen LogP contribution in [0.1, 0.15) is 34.9 Å². The van der Waals surface area contributed by atoms with E-state index in [1.165, 1.54) is 0 Å². The van der Waals surface area contributed by atoms with E-state index in [-0.39, 0.29) is 33.4 Å². The number of carbonyl (C=O) groups is 1. The Balaban J connectivity index is 1.32. The highest BCUT2D eigenvalue weighted by atomic mass is 79.9. The smallest absolute Gasteiger partial charge is 0.254 e. The van der Waals surface area contributed by atoms with Gasteiger partial charge in [-0.1, -0.05) is 35.5 Å². The molecule has 9 nitrogen and oxygen atoms in total. The van der Waals surface area contributed by atoms with E-state index in [1.54, 1.807) is 20.5 Å². The van der Waals surface area contributed by atoms with Gasteiger partial charge in [-0.3, -0.25) is 9.48 Å². The van der Waals surface area contributed by atoms with Crippen molar-refractivity contribution in [3.05, 3.63) is 76.0 Å². The first-order valence-electron chi connectivity index (χ1n) is 12.8. The van der Waals surface area contributed by atoms with E-state index in [1.807, 2.05) is 50.4 Å². The highest BCUT2D eigenvalue weighted by Crippen LogP contribution is 2.34. The van der Waals surface area contributed by atoms with Crippen LogP contribution in [0.2, 0.25) is 0 Å². The monoisotopic (exact) mass is 606 g/mol. The van der Waals surface area contributed by atoms with Gasteiger partial charge in [0.05, 0.1) is 44.7 Å². The summed E-state index contributed by atoms with van der Waals surface area (Å²) in [6, 6.07) is 12.5. The van der Waals surface area contributed by atoms with Crippen molar-refractivity contribution in [2.24, 2.45) is 7.05 Å². The summed E-state index contributed by atoms with van der Waals surface area (Å²) in [5, 5.41) is 13.6. The Hall–Kier alpha value is -4.19. The molecule has 204 valence electrons. The zero-order valence-corrected chi connectivity index (χ0v) is 23.4. The minimum Gasteiger partial charge on any atom is -0.396 e.